The maximum atomic E-state index is 8.90. The Bertz CT molecular complexity index is 612. The van der Waals surface area contributed by atoms with Crippen LogP contribution in [-0.4, -0.2) is 16.0 Å². The highest BCUT2D eigenvalue weighted by molar-refractivity contribution is 7.99. The maximum absolute atomic E-state index is 8.90. The van der Waals surface area contributed by atoms with E-state index in [4.69, 9.17) is 10.9 Å². The van der Waals surface area contributed by atoms with Gasteiger partial charge in [-0.1, -0.05) is 35.1 Å². The molecule has 0 spiro atoms. The van der Waals surface area contributed by atoms with Crippen molar-refractivity contribution >= 4 is 17.6 Å². The maximum Gasteiger partial charge on any atom is 0.173 e. The molecule has 1 aromatic carbocycles. The Morgan fingerprint density at radius 1 is 1.26 bits per heavy atom. The van der Waals surface area contributed by atoms with Crippen LogP contribution in [-0.2, 0) is 0 Å². The monoisotopic (exact) mass is 273 g/mol. The zero-order valence-electron chi connectivity index (χ0n) is 10.8. The highest BCUT2D eigenvalue weighted by Gasteiger charge is 2.13. The molecule has 0 amide bonds. The van der Waals surface area contributed by atoms with Crippen LogP contribution in [0.4, 0.5) is 0 Å². The summed E-state index contributed by atoms with van der Waals surface area (Å²) in [6, 6.07) is 11.9. The van der Waals surface area contributed by atoms with Gasteiger partial charge in [0.05, 0.1) is 5.56 Å². The average molecular weight is 273 g/mol. The summed E-state index contributed by atoms with van der Waals surface area (Å²) in [5, 5.41) is 12.0. The van der Waals surface area contributed by atoms with Crippen molar-refractivity contribution in [3.05, 3.63) is 53.3 Å². The van der Waals surface area contributed by atoms with Gasteiger partial charge in [-0.15, -0.1) is 0 Å². The predicted molar refractivity (Wildman–Crippen MR) is 76.8 cm³/mol. The SMILES string of the molecule is Cc1cc(Sc2ccccc2)c(/C(N)=N/O)c(C)n1. The first-order chi connectivity index (χ1) is 9.11. The number of aryl methyl sites for hydroxylation is 2. The fourth-order valence-electron chi connectivity index (χ4n) is 1.85. The number of hydrogen-bond acceptors (Lipinski definition) is 4. The standard InChI is InChI=1S/C14H15N3OS/c1-9-8-12(19-11-6-4-3-5-7-11)13(10(2)16-9)14(15)17-18/h3-8,18H,1-2H3,(H2,15,17). The van der Waals surface area contributed by atoms with Crippen molar-refractivity contribution in [3.8, 4) is 0 Å². The molecule has 0 saturated carbocycles. The number of rotatable bonds is 3. The van der Waals surface area contributed by atoms with Crippen molar-refractivity contribution < 1.29 is 5.21 Å². The number of benzene rings is 1. The highest BCUT2D eigenvalue weighted by Crippen LogP contribution is 2.31. The van der Waals surface area contributed by atoms with E-state index in [1.54, 1.807) is 11.8 Å². The molecule has 0 aliphatic carbocycles. The molecular formula is C14H15N3OS. The lowest BCUT2D eigenvalue weighted by Crippen LogP contribution is -2.17. The lowest BCUT2D eigenvalue weighted by atomic mass is 10.1. The molecule has 0 aliphatic rings. The van der Waals surface area contributed by atoms with Gasteiger partial charge in [0.2, 0.25) is 0 Å². The lowest BCUT2D eigenvalue weighted by molar-refractivity contribution is 0.318. The molecule has 1 aromatic heterocycles. The minimum atomic E-state index is 0.0865. The van der Waals surface area contributed by atoms with Gasteiger partial charge in [-0.25, -0.2) is 0 Å². The second-order valence-corrected chi connectivity index (χ2v) is 5.24. The molecule has 19 heavy (non-hydrogen) atoms. The van der Waals surface area contributed by atoms with Crippen LogP contribution in [0.3, 0.4) is 0 Å². The number of oxime groups is 1. The van der Waals surface area contributed by atoms with Gasteiger partial charge >= 0.3 is 0 Å². The van der Waals surface area contributed by atoms with Gasteiger partial charge < -0.3 is 10.9 Å². The second kappa shape index (κ2) is 5.75. The van der Waals surface area contributed by atoms with Crippen LogP contribution in [0.15, 0.2) is 51.3 Å². The Kier molecular flexibility index (Phi) is 4.06. The Hall–Kier alpha value is -2.01. The molecule has 98 valence electrons. The topological polar surface area (TPSA) is 71.5 Å². The van der Waals surface area contributed by atoms with Crippen molar-refractivity contribution in [2.45, 2.75) is 23.6 Å². The first-order valence-electron chi connectivity index (χ1n) is 5.81. The first-order valence-corrected chi connectivity index (χ1v) is 6.62. The van der Waals surface area contributed by atoms with Gasteiger partial charge in [0, 0.05) is 21.2 Å². The molecule has 2 aromatic rings. The summed E-state index contributed by atoms with van der Waals surface area (Å²) >= 11 is 1.57. The summed E-state index contributed by atoms with van der Waals surface area (Å²) < 4.78 is 0. The van der Waals surface area contributed by atoms with E-state index in [1.807, 2.05) is 50.2 Å². The van der Waals surface area contributed by atoms with Crippen LogP contribution in [0, 0.1) is 13.8 Å². The predicted octanol–water partition coefficient (Wildman–Crippen LogP) is 2.94. The molecule has 0 atom stereocenters. The van der Waals surface area contributed by atoms with Crippen LogP contribution >= 0.6 is 11.8 Å². The van der Waals surface area contributed by atoms with E-state index < -0.39 is 0 Å². The molecule has 4 nitrogen and oxygen atoms in total. The third-order valence-electron chi connectivity index (χ3n) is 2.63. The minimum Gasteiger partial charge on any atom is -0.409 e. The fourth-order valence-corrected chi connectivity index (χ4v) is 2.98. The zero-order valence-corrected chi connectivity index (χ0v) is 11.6. The summed E-state index contributed by atoms with van der Waals surface area (Å²) in [6.07, 6.45) is 0. The van der Waals surface area contributed by atoms with E-state index in [2.05, 4.69) is 10.1 Å². The fraction of sp³-hybridized carbons (Fsp3) is 0.143. The molecule has 1 heterocycles. The van der Waals surface area contributed by atoms with Crippen molar-refractivity contribution in [2.75, 3.05) is 0 Å². The van der Waals surface area contributed by atoms with E-state index in [-0.39, 0.29) is 5.84 Å². The molecule has 0 unspecified atom stereocenters. The van der Waals surface area contributed by atoms with Crippen molar-refractivity contribution in [2.24, 2.45) is 10.9 Å². The van der Waals surface area contributed by atoms with Crippen LogP contribution in [0.2, 0.25) is 0 Å². The molecule has 0 aliphatic heterocycles. The highest BCUT2D eigenvalue weighted by atomic mass is 32.2. The number of hydrogen-bond donors (Lipinski definition) is 2. The van der Waals surface area contributed by atoms with E-state index in [0.717, 1.165) is 21.2 Å². The van der Waals surface area contributed by atoms with Gasteiger partial charge in [0.25, 0.3) is 0 Å². The van der Waals surface area contributed by atoms with Gasteiger partial charge in [0.15, 0.2) is 5.84 Å². The normalized spacial score (nSPS) is 11.6. The molecule has 5 heteroatoms. The van der Waals surface area contributed by atoms with E-state index in [9.17, 15) is 0 Å². The van der Waals surface area contributed by atoms with Crippen LogP contribution in [0.1, 0.15) is 17.0 Å². The minimum absolute atomic E-state index is 0.0865. The first kappa shape index (κ1) is 13.4. The van der Waals surface area contributed by atoms with Crippen molar-refractivity contribution in [3.63, 3.8) is 0 Å². The van der Waals surface area contributed by atoms with Gasteiger partial charge in [-0.3, -0.25) is 4.98 Å². The van der Waals surface area contributed by atoms with Gasteiger partial charge in [-0.2, -0.15) is 0 Å². The molecule has 3 N–H and O–H groups in total. The Labute approximate surface area is 116 Å². The molecule has 0 bridgehead atoms. The summed E-state index contributed by atoms with van der Waals surface area (Å²) in [5.41, 5.74) is 8.09. The number of aromatic nitrogens is 1. The molecule has 0 saturated heterocycles. The Morgan fingerprint density at radius 3 is 2.58 bits per heavy atom. The summed E-state index contributed by atoms with van der Waals surface area (Å²) in [5.74, 6) is 0.0865. The Balaban J connectivity index is 2.49. The number of nitrogens with two attached hydrogens (primary N) is 1. The molecule has 0 radical (unpaired) electrons. The number of nitrogens with zero attached hydrogens (tertiary/aromatic N) is 2. The van der Waals surface area contributed by atoms with Crippen molar-refractivity contribution in [1.29, 1.82) is 0 Å². The van der Waals surface area contributed by atoms with Crippen LogP contribution < -0.4 is 5.73 Å². The molecule has 0 fully saturated rings. The number of amidine groups is 1. The van der Waals surface area contributed by atoms with Crippen LogP contribution in [0.5, 0.6) is 0 Å². The van der Waals surface area contributed by atoms with E-state index >= 15 is 0 Å². The summed E-state index contributed by atoms with van der Waals surface area (Å²) in [7, 11) is 0. The molecule has 2 rings (SSSR count). The summed E-state index contributed by atoms with van der Waals surface area (Å²) in [4.78, 5) is 6.39. The number of pyridine rings is 1. The van der Waals surface area contributed by atoms with E-state index in [1.165, 1.54) is 0 Å². The second-order valence-electron chi connectivity index (χ2n) is 4.12. The third kappa shape index (κ3) is 3.06. The average Bonchev–Trinajstić information content (AvgIpc) is 2.38. The zero-order chi connectivity index (χ0) is 13.8. The molecular weight excluding hydrogens is 258 g/mol. The quantitative estimate of drug-likeness (QED) is 0.390. The lowest BCUT2D eigenvalue weighted by Gasteiger charge is -2.11. The smallest absolute Gasteiger partial charge is 0.173 e. The largest absolute Gasteiger partial charge is 0.409 e. The summed E-state index contributed by atoms with van der Waals surface area (Å²) in [6.45, 7) is 3.79. The van der Waals surface area contributed by atoms with Gasteiger partial charge in [-0.05, 0) is 32.0 Å². The van der Waals surface area contributed by atoms with E-state index in [0.29, 0.717) is 5.56 Å². The Morgan fingerprint density at radius 2 is 1.95 bits per heavy atom. The van der Waals surface area contributed by atoms with Crippen LogP contribution in [0.25, 0.3) is 0 Å². The van der Waals surface area contributed by atoms with Crippen molar-refractivity contribution in [1.82, 2.24) is 4.98 Å². The third-order valence-corrected chi connectivity index (χ3v) is 3.68. The van der Waals surface area contributed by atoms with Gasteiger partial charge in [0.1, 0.15) is 0 Å².